The van der Waals surface area contributed by atoms with Gasteiger partial charge in [-0.05, 0) is 49.4 Å². The van der Waals surface area contributed by atoms with Gasteiger partial charge in [0.1, 0.15) is 16.8 Å². The van der Waals surface area contributed by atoms with Crippen molar-refractivity contribution in [1.29, 1.82) is 5.26 Å². The molecule has 30 heavy (non-hydrogen) atoms. The molecule has 0 saturated heterocycles. The molecular formula is C21H20N4O4S. The third-order valence-corrected chi connectivity index (χ3v) is 6.07. The highest BCUT2D eigenvalue weighted by atomic mass is 32.1. The summed E-state index contributed by atoms with van der Waals surface area (Å²) in [5.41, 5.74) is 1.58. The summed E-state index contributed by atoms with van der Waals surface area (Å²) >= 11 is 1.44. The Morgan fingerprint density at radius 1 is 1.30 bits per heavy atom. The van der Waals surface area contributed by atoms with Gasteiger partial charge in [-0.2, -0.15) is 10.4 Å². The zero-order valence-electron chi connectivity index (χ0n) is 16.2. The zero-order valence-corrected chi connectivity index (χ0v) is 17.0. The van der Waals surface area contributed by atoms with Crippen LogP contribution in [0.1, 0.15) is 51.6 Å². The van der Waals surface area contributed by atoms with Gasteiger partial charge in [0, 0.05) is 17.3 Å². The number of carbonyl (C=O) groups excluding carboxylic acids is 2. The lowest BCUT2D eigenvalue weighted by Crippen LogP contribution is -2.20. The number of ether oxygens (including phenoxy) is 1. The minimum absolute atomic E-state index is 0.0190. The Morgan fingerprint density at radius 2 is 2.17 bits per heavy atom. The molecule has 0 fully saturated rings. The quantitative estimate of drug-likeness (QED) is 0.479. The molecule has 3 aromatic heterocycles. The first-order valence-corrected chi connectivity index (χ1v) is 10.5. The van der Waals surface area contributed by atoms with E-state index in [1.54, 1.807) is 29.2 Å². The summed E-state index contributed by atoms with van der Waals surface area (Å²) in [5, 5.41) is 16.9. The summed E-state index contributed by atoms with van der Waals surface area (Å²) < 4.78 is 12.2. The zero-order chi connectivity index (χ0) is 20.9. The normalized spacial score (nSPS) is 13.2. The minimum atomic E-state index is -0.723. The van der Waals surface area contributed by atoms with E-state index in [-0.39, 0.29) is 5.76 Å². The van der Waals surface area contributed by atoms with Gasteiger partial charge in [-0.15, -0.1) is 11.3 Å². The number of hydrogen-bond acceptors (Lipinski definition) is 7. The average molecular weight is 424 g/mol. The summed E-state index contributed by atoms with van der Waals surface area (Å²) in [4.78, 5) is 25.6. The van der Waals surface area contributed by atoms with Crippen molar-refractivity contribution in [1.82, 2.24) is 9.78 Å². The van der Waals surface area contributed by atoms with Crippen LogP contribution in [0.5, 0.6) is 0 Å². The van der Waals surface area contributed by atoms with E-state index in [2.05, 4.69) is 16.5 Å². The van der Waals surface area contributed by atoms with Crippen molar-refractivity contribution in [3.8, 4) is 6.07 Å². The van der Waals surface area contributed by atoms with Crippen LogP contribution in [0.3, 0.4) is 0 Å². The predicted octanol–water partition coefficient (Wildman–Crippen LogP) is 3.52. The fraction of sp³-hybridized carbons (Fsp3) is 0.333. The molecule has 154 valence electrons. The first-order valence-electron chi connectivity index (χ1n) is 9.72. The Kier molecular flexibility index (Phi) is 5.95. The van der Waals surface area contributed by atoms with Crippen molar-refractivity contribution in [2.75, 3.05) is 11.9 Å². The minimum Gasteiger partial charge on any atom is -0.452 e. The van der Waals surface area contributed by atoms with Gasteiger partial charge in [0.2, 0.25) is 5.76 Å². The molecule has 3 aromatic rings. The summed E-state index contributed by atoms with van der Waals surface area (Å²) in [6.07, 6.45) is 8.52. The number of anilines is 1. The monoisotopic (exact) mass is 424 g/mol. The van der Waals surface area contributed by atoms with Crippen molar-refractivity contribution in [3.05, 3.63) is 58.1 Å². The number of esters is 1. The molecule has 8 nitrogen and oxygen atoms in total. The lowest BCUT2D eigenvalue weighted by Gasteiger charge is -2.05. The van der Waals surface area contributed by atoms with E-state index >= 15 is 0 Å². The van der Waals surface area contributed by atoms with Crippen LogP contribution in [-0.4, -0.2) is 28.3 Å². The molecule has 3 heterocycles. The molecule has 1 N–H and O–H groups in total. The second-order valence-electron chi connectivity index (χ2n) is 6.97. The molecule has 1 aliphatic carbocycles. The van der Waals surface area contributed by atoms with Crippen molar-refractivity contribution >= 4 is 28.2 Å². The number of amides is 1. The Bertz CT molecular complexity index is 1090. The predicted molar refractivity (Wildman–Crippen MR) is 109 cm³/mol. The van der Waals surface area contributed by atoms with Gasteiger partial charge in [0.25, 0.3) is 5.91 Å². The lowest BCUT2D eigenvalue weighted by molar-refractivity contribution is -0.119. The van der Waals surface area contributed by atoms with Crippen molar-refractivity contribution < 1.29 is 18.7 Å². The van der Waals surface area contributed by atoms with E-state index in [9.17, 15) is 14.9 Å². The number of fused-ring (bicyclic) bond motifs is 1. The summed E-state index contributed by atoms with van der Waals surface area (Å²) in [7, 11) is 0. The first kappa shape index (κ1) is 19.9. The van der Waals surface area contributed by atoms with Gasteiger partial charge in [-0.1, -0.05) is 6.42 Å². The molecule has 9 heteroatoms. The number of thiophene rings is 1. The Hall–Kier alpha value is -3.38. The van der Waals surface area contributed by atoms with Crippen LogP contribution in [0.4, 0.5) is 5.00 Å². The van der Waals surface area contributed by atoms with Crippen LogP contribution in [0.25, 0.3) is 0 Å². The van der Waals surface area contributed by atoms with Gasteiger partial charge in [0.05, 0.1) is 12.1 Å². The van der Waals surface area contributed by atoms with Crippen molar-refractivity contribution in [2.45, 2.75) is 38.6 Å². The maximum absolute atomic E-state index is 12.3. The topological polar surface area (TPSA) is 110 Å². The van der Waals surface area contributed by atoms with Gasteiger partial charge >= 0.3 is 5.97 Å². The summed E-state index contributed by atoms with van der Waals surface area (Å²) in [6.45, 7) is -0.0673. The molecular weight excluding hydrogens is 404 g/mol. The van der Waals surface area contributed by atoms with Gasteiger partial charge in [0.15, 0.2) is 6.61 Å². The molecule has 0 aliphatic heterocycles. The van der Waals surface area contributed by atoms with Crippen LogP contribution in [0.2, 0.25) is 0 Å². The number of aromatic nitrogens is 2. The average Bonchev–Trinajstić information content (AvgIpc) is 3.45. The Labute approximate surface area is 177 Å². The molecule has 0 spiro atoms. The smallest absolute Gasteiger partial charge is 0.374 e. The molecule has 0 bridgehead atoms. The van der Waals surface area contributed by atoms with E-state index in [0.717, 1.165) is 42.5 Å². The van der Waals surface area contributed by atoms with E-state index in [1.165, 1.54) is 17.4 Å². The fourth-order valence-electron chi connectivity index (χ4n) is 3.44. The third kappa shape index (κ3) is 4.44. The van der Waals surface area contributed by atoms with Crippen LogP contribution in [0, 0.1) is 11.3 Å². The van der Waals surface area contributed by atoms with Gasteiger partial charge < -0.3 is 14.5 Å². The second-order valence-corrected chi connectivity index (χ2v) is 8.08. The third-order valence-electron chi connectivity index (χ3n) is 4.86. The Morgan fingerprint density at radius 3 is 2.97 bits per heavy atom. The largest absolute Gasteiger partial charge is 0.452 e. The highest BCUT2D eigenvalue weighted by molar-refractivity contribution is 7.16. The van der Waals surface area contributed by atoms with Gasteiger partial charge in [-0.3, -0.25) is 9.48 Å². The molecule has 1 amide bonds. The van der Waals surface area contributed by atoms with E-state index in [4.69, 9.17) is 9.15 Å². The maximum atomic E-state index is 12.3. The number of aryl methyl sites for hydroxylation is 1. The standard InChI is InChI=1S/C21H20N4O4S/c22-11-16-15-5-2-1-3-6-18(15)30-20(16)24-19(26)13-28-21(27)17-8-7-14(29-17)12-25-10-4-9-23-25/h4,7-10H,1-3,5-6,12-13H2,(H,24,26). The number of nitrogens with one attached hydrogen (secondary N) is 1. The molecule has 0 saturated carbocycles. The number of rotatable bonds is 6. The number of hydrogen-bond donors (Lipinski definition) is 1. The number of nitrogens with zero attached hydrogens (tertiary/aromatic N) is 3. The van der Waals surface area contributed by atoms with Crippen LogP contribution >= 0.6 is 11.3 Å². The Balaban J connectivity index is 1.33. The van der Waals surface area contributed by atoms with Crippen LogP contribution < -0.4 is 5.32 Å². The molecule has 0 radical (unpaired) electrons. The molecule has 0 unspecified atom stereocenters. The molecule has 0 aromatic carbocycles. The second kappa shape index (κ2) is 8.97. The first-order chi connectivity index (χ1) is 14.6. The SMILES string of the molecule is N#Cc1c(NC(=O)COC(=O)c2ccc(Cn3cccn3)o2)sc2c1CCCCC2. The van der Waals surface area contributed by atoms with Crippen LogP contribution in [0.15, 0.2) is 35.0 Å². The lowest BCUT2D eigenvalue weighted by atomic mass is 10.1. The van der Waals surface area contributed by atoms with E-state index in [1.807, 2.05) is 0 Å². The van der Waals surface area contributed by atoms with Crippen molar-refractivity contribution in [3.63, 3.8) is 0 Å². The number of carbonyl (C=O) groups is 2. The van der Waals surface area contributed by atoms with E-state index < -0.39 is 18.5 Å². The van der Waals surface area contributed by atoms with E-state index in [0.29, 0.717) is 22.9 Å². The highest BCUT2D eigenvalue weighted by Gasteiger charge is 2.22. The molecule has 0 atom stereocenters. The number of nitriles is 1. The van der Waals surface area contributed by atoms with Crippen LogP contribution in [-0.2, 0) is 28.9 Å². The molecule has 1 aliphatic rings. The highest BCUT2D eigenvalue weighted by Crippen LogP contribution is 2.36. The summed E-state index contributed by atoms with van der Waals surface area (Å²) in [5.74, 6) is -0.640. The molecule has 4 rings (SSSR count). The van der Waals surface area contributed by atoms with Gasteiger partial charge in [-0.25, -0.2) is 4.79 Å². The van der Waals surface area contributed by atoms with Crippen molar-refractivity contribution in [2.24, 2.45) is 0 Å². The fourth-order valence-corrected chi connectivity index (χ4v) is 4.70. The number of furan rings is 1. The maximum Gasteiger partial charge on any atom is 0.374 e. The summed E-state index contributed by atoms with van der Waals surface area (Å²) in [6, 6.07) is 7.17.